The van der Waals surface area contributed by atoms with Crippen LogP contribution in [-0.4, -0.2) is 22.1 Å². The molecule has 4 rings (SSSR count). The summed E-state index contributed by atoms with van der Waals surface area (Å²) in [7, 11) is 0. The van der Waals surface area contributed by atoms with Gasteiger partial charge in [0.2, 0.25) is 5.91 Å². The zero-order valence-corrected chi connectivity index (χ0v) is 17.4. The van der Waals surface area contributed by atoms with Crippen molar-refractivity contribution in [3.8, 4) is 5.75 Å². The van der Waals surface area contributed by atoms with Crippen LogP contribution in [0, 0.1) is 0 Å². The molecule has 1 N–H and O–H groups in total. The maximum atomic E-state index is 13.0. The molecule has 158 valence electrons. The third-order valence-corrected chi connectivity index (χ3v) is 6.43. The van der Waals surface area contributed by atoms with E-state index in [1.54, 1.807) is 11.3 Å². The molecule has 0 saturated heterocycles. The van der Waals surface area contributed by atoms with E-state index in [0.29, 0.717) is 15.9 Å². The lowest BCUT2D eigenvalue weighted by atomic mass is 10.1. The molecule has 6 nitrogen and oxygen atoms in total. The number of alkyl halides is 2. The zero-order valence-electron chi connectivity index (χ0n) is 15.8. The van der Waals surface area contributed by atoms with Crippen molar-refractivity contribution < 1.29 is 18.3 Å². The average Bonchev–Trinajstić information content (AvgIpc) is 2.88. The van der Waals surface area contributed by atoms with E-state index in [2.05, 4.69) is 15.0 Å². The number of nitrogens with zero attached hydrogens (tertiary/aromatic N) is 2. The minimum Gasteiger partial charge on any atom is -0.433 e. The van der Waals surface area contributed by atoms with Crippen LogP contribution < -0.4 is 15.6 Å². The maximum Gasteiger partial charge on any atom is 0.387 e. The van der Waals surface area contributed by atoms with Crippen molar-refractivity contribution >= 4 is 44.7 Å². The van der Waals surface area contributed by atoms with E-state index in [4.69, 9.17) is 11.6 Å². The molecule has 0 unspecified atom stereocenters. The quantitative estimate of drug-likeness (QED) is 0.572. The predicted molar refractivity (Wildman–Crippen MR) is 112 cm³/mol. The SMILES string of the molecule is O=C(Cn1cnc2sc3c(c2c1=O)CCCCC3)Nc1ccc(OC(F)F)c(Cl)c1. The number of carbonyl (C=O) groups is 1. The first-order valence-corrected chi connectivity index (χ1v) is 10.7. The molecule has 2 aromatic heterocycles. The van der Waals surface area contributed by atoms with Crippen molar-refractivity contribution in [3.63, 3.8) is 0 Å². The fourth-order valence-electron chi connectivity index (χ4n) is 3.60. The molecule has 0 fully saturated rings. The van der Waals surface area contributed by atoms with Gasteiger partial charge < -0.3 is 10.1 Å². The largest absolute Gasteiger partial charge is 0.433 e. The number of aromatic nitrogens is 2. The Morgan fingerprint density at radius 3 is 2.87 bits per heavy atom. The number of thiophene rings is 1. The summed E-state index contributed by atoms with van der Waals surface area (Å²) in [6, 6.07) is 3.94. The van der Waals surface area contributed by atoms with Crippen molar-refractivity contribution in [2.45, 2.75) is 45.3 Å². The molecule has 0 bridgehead atoms. The minimum absolute atomic E-state index is 0.0608. The highest BCUT2D eigenvalue weighted by atomic mass is 35.5. The Balaban J connectivity index is 1.53. The molecule has 3 aromatic rings. The summed E-state index contributed by atoms with van der Waals surface area (Å²) in [5.74, 6) is -0.646. The molecule has 0 aliphatic heterocycles. The van der Waals surface area contributed by atoms with Gasteiger partial charge in [0.25, 0.3) is 5.56 Å². The minimum atomic E-state index is -3.00. The van der Waals surface area contributed by atoms with Gasteiger partial charge in [-0.05, 0) is 49.4 Å². The van der Waals surface area contributed by atoms with Gasteiger partial charge in [-0.2, -0.15) is 8.78 Å². The third-order valence-electron chi connectivity index (χ3n) is 4.94. The first-order chi connectivity index (χ1) is 14.4. The lowest BCUT2D eigenvalue weighted by Gasteiger charge is -2.10. The molecule has 1 aliphatic carbocycles. The first kappa shape index (κ1) is 20.7. The highest BCUT2D eigenvalue weighted by molar-refractivity contribution is 7.18. The Morgan fingerprint density at radius 1 is 1.30 bits per heavy atom. The second-order valence-electron chi connectivity index (χ2n) is 6.99. The van der Waals surface area contributed by atoms with Crippen LogP contribution >= 0.6 is 22.9 Å². The van der Waals surface area contributed by atoms with Gasteiger partial charge in [0.1, 0.15) is 17.1 Å². The monoisotopic (exact) mass is 453 g/mol. The number of ether oxygens (including phenoxy) is 1. The van der Waals surface area contributed by atoms with E-state index in [9.17, 15) is 18.4 Å². The molecule has 0 saturated carbocycles. The lowest BCUT2D eigenvalue weighted by molar-refractivity contribution is -0.116. The van der Waals surface area contributed by atoms with Crippen LogP contribution in [-0.2, 0) is 24.2 Å². The van der Waals surface area contributed by atoms with Crippen molar-refractivity contribution in [3.05, 3.63) is 50.3 Å². The molecule has 30 heavy (non-hydrogen) atoms. The standard InChI is InChI=1S/C20H18ClF2N3O3S/c21-13-8-11(6-7-14(13)29-20(22)23)25-16(27)9-26-10-24-18-17(19(26)28)12-4-2-1-3-5-15(12)30-18/h6-8,10,20H,1-5,9H2,(H,25,27). The smallest absolute Gasteiger partial charge is 0.387 e. The Labute approximate surface area is 179 Å². The van der Waals surface area contributed by atoms with Gasteiger partial charge in [-0.1, -0.05) is 18.0 Å². The summed E-state index contributed by atoms with van der Waals surface area (Å²) >= 11 is 7.46. The van der Waals surface area contributed by atoms with E-state index in [-0.39, 0.29) is 22.9 Å². The van der Waals surface area contributed by atoms with Crippen molar-refractivity contribution in [1.82, 2.24) is 9.55 Å². The molecule has 1 aliphatic rings. The van der Waals surface area contributed by atoms with Crippen LogP contribution in [0.15, 0.2) is 29.3 Å². The van der Waals surface area contributed by atoms with Crippen molar-refractivity contribution in [2.24, 2.45) is 0 Å². The number of hydrogen-bond donors (Lipinski definition) is 1. The number of benzene rings is 1. The van der Waals surface area contributed by atoms with Gasteiger partial charge in [-0.3, -0.25) is 14.2 Å². The highest BCUT2D eigenvalue weighted by Gasteiger charge is 2.20. The number of rotatable bonds is 5. The second kappa shape index (κ2) is 8.69. The second-order valence-corrected chi connectivity index (χ2v) is 8.48. The Hall–Kier alpha value is -2.52. The van der Waals surface area contributed by atoms with Gasteiger partial charge in [0.05, 0.1) is 16.7 Å². The molecule has 2 heterocycles. The van der Waals surface area contributed by atoms with Gasteiger partial charge in [-0.25, -0.2) is 4.98 Å². The maximum absolute atomic E-state index is 13.0. The number of nitrogens with one attached hydrogen (secondary N) is 1. The molecule has 1 amide bonds. The van der Waals surface area contributed by atoms with Crippen LogP contribution in [0.5, 0.6) is 5.75 Å². The van der Waals surface area contributed by atoms with Crippen LogP contribution in [0.3, 0.4) is 0 Å². The van der Waals surface area contributed by atoms with Crippen LogP contribution in [0.4, 0.5) is 14.5 Å². The summed E-state index contributed by atoms with van der Waals surface area (Å²) in [5.41, 5.74) is 1.15. The molecule has 10 heteroatoms. The summed E-state index contributed by atoms with van der Waals surface area (Å²) in [4.78, 5) is 31.8. The summed E-state index contributed by atoms with van der Waals surface area (Å²) in [6.07, 6.45) is 6.49. The van der Waals surface area contributed by atoms with Crippen molar-refractivity contribution in [1.29, 1.82) is 0 Å². The molecule has 1 aromatic carbocycles. The molecular weight excluding hydrogens is 436 g/mol. The number of aryl methyl sites for hydroxylation is 2. The summed E-state index contributed by atoms with van der Waals surface area (Å²) in [6.45, 7) is -3.22. The number of hydrogen-bond acceptors (Lipinski definition) is 5. The zero-order chi connectivity index (χ0) is 21.3. The van der Waals surface area contributed by atoms with E-state index in [1.165, 1.54) is 34.0 Å². The number of carbonyl (C=O) groups excluding carboxylic acids is 1. The van der Waals surface area contributed by atoms with E-state index >= 15 is 0 Å². The summed E-state index contributed by atoms with van der Waals surface area (Å²) in [5, 5.41) is 3.16. The first-order valence-electron chi connectivity index (χ1n) is 9.46. The van der Waals surface area contributed by atoms with Gasteiger partial charge >= 0.3 is 6.61 Å². The predicted octanol–water partition coefficient (Wildman–Crippen LogP) is 4.62. The number of anilines is 1. The average molecular weight is 454 g/mol. The summed E-state index contributed by atoms with van der Waals surface area (Å²) < 4.78 is 30.2. The molecule has 0 spiro atoms. The Bertz CT molecular complexity index is 1160. The third kappa shape index (κ3) is 4.32. The molecule has 0 radical (unpaired) electrons. The van der Waals surface area contributed by atoms with E-state index in [0.717, 1.165) is 37.7 Å². The molecular formula is C20H18ClF2N3O3S. The normalized spacial score (nSPS) is 13.9. The number of fused-ring (bicyclic) bond motifs is 3. The number of amides is 1. The topological polar surface area (TPSA) is 73.2 Å². The van der Waals surface area contributed by atoms with Gasteiger partial charge in [0, 0.05) is 10.6 Å². The highest BCUT2D eigenvalue weighted by Crippen LogP contribution is 2.33. The lowest BCUT2D eigenvalue weighted by Crippen LogP contribution is -2.28. The van der Waals surface area contributed by atoms with Crippen molar-refractivity contribution in [2.75, 3.05) is 5.32 Å². The fourth-order valence-corrected chi connectivity index (χ4v) is 5.04. The van der Waals surface area contributed by atoms with E-state index in [1.807, 2.05) is 0 Å². The Kier molecular flexibility index (Phi) is 6.01. The number of halogens is 3. The van der Waals surface area contributed by atoms with Crippen LogP contribution in [0.25, 0.3) is 10.2 Å². The molecule has 0 atom stereocenters. The van der Waals surface area contributed by atoms with Gasteiger partial charge in [-0.15, -0.1) is 11.3 Å². The Morgan fingerprint density at radius 2 is 2.10 bits per heavy atom. The fraction of sp³-hybridized carbons (Fsp3) is 0.350. The van der Waals surface area contributed by atoms with Crippen LogP contribution in [0.1, 0.15) is 29.7 Å². The van der Waals surface area contributed by atoms with Gasteiger partial charge in [0.15, 0.2) is 0 Å². The van der Waals surface area contributed by atoms with E-state index < -0.39 is 12.5 Å². The van der Waals surface area contributed by atoms with Crippen LogP contribution in [0.2, 0.25) is 5.02 Å².